The molecule has 1 aromatic carbocycles. The zero-order valence-corrected chi connectivity index (χ0v) is 13.9. The van der Waals surface area contributed by atoms with E-state index in [2.05, 4.69) is 15.9 Å². The Kier molecular flexibility index (Phi) is 5.58. The Labute approximate surface area is 129 Å². The van der Waals surface area contributed by atoms with Gasteiger partial charge in [-0.1, -0.05) is 41.3 Å². The van der Waals surface area contributed by atoms with E-state index in [-0.39, 0.29) is 5.41 Å². The van der Waals surface area contributed by atoms with Crippen LogP contribution in [0.25, 0.3) is 0 Å². The van der Waals surface area contributed by atoms with Crippen molar-refractivity contribution in [2.24, 2.45) is 5.41 Å². The Morgan fingerprint density at radius 1 is 1.05 bits per heavy atom. The van der Waals surface area contributed by atoms with Crippen molar-refractivity contribution >= 4 is 15.9 Å². The predicted molar refractivity (Wildman–Crippen MR) is 84.4 cm³/mol. The molecule has 4 heteroatoms. The molecule has 1 fully saturated rings. The highest BCUT2D eigenvalue weighted by Crippen LogP contribution is 2.42. The van der Waals surface area contributed by atoms with Crippen LogP contribution in [0, 0.1) is 5.41 Å². The van der Waals surface area contributed by atoms with Crippen molar-refractivity contribution in [3.63, 3.8) is 0 Å². The first-order valence-electron chi connectivity index (χ1n) is 7.14. The molecular weight excluding hydrogens is 320 g/mol. The van der Waals surface area contributed by atoms with E-state index in [1.54, 1.807) is 14.2 Å². The van der Waals surface area contributed by atoms with Crippen molar-refractivity contribution in [1.29, 1.82) is 0 Å². The molecule has 1 aromatic rings. The zero-order valence-electron chi connectivity index (χ0n) is 12.3. The maximum Gasteiger partial charge on any atom is 0.203 e. The van der Waals surface area contributed by atoms with Gasteiger partial charge >= 0.3 is 0 Å². The first-order valence-corrected chi connectivity index (χ1v) is 8.26. The highest BCUT2D eigenvalue weighted by molar-refractivity contribution is 9.09. The summed E-state index contributed by atoms with van der Waals surface area (Å²) in [4.78, 5) is 0. The molecule has 0 saturated heterocycles. The number of ether oxygens (including phenoxy) is 3. The molecule has 3 nitrogen and oxygen atoms in total. The normalized spacial score (nSPS) is 17.6. The largest absolute Gasteiger partial charge is 0.493 e. The van der Waals surface area contributed by atoms with Crippen LogP contribution in [0.1, 0.15) is 32.1 Å². The van der Waals surface area contributed by atoms with Gasteiger partial charge in [-0.25, -0.2) is 0 Å². The molecule has 0 N–H and O–H groups in total. The number of para-hydroxylation sites is 1. The second-order valence-electron chi connectivity index (χ2n) is 5.47. The maximum absolute atomic E-state index is 6.10. The SMILES string of the molecule is COc1cccc(OC)c1OCC1(CBr)CCCCC1. The summed E-state index contributed by atoms with van der Waals surface area (Å²) in [6.07, 6.45) is 6.36. The van der Waals surface area contributed by atoms with E-state index in [1.807, 2.05) is 18.2 Å². The van der Waals surface area contributed by atoms with E-state index >= 15 is 0 Å². The lowest BCUT2D eigenvalue weighted by Crippen LogP contribution is -2.32. The predicted octanol–water partition coefficient (Wildman–Crippen LogP) is 4.43. The Bertz CT molecular complexity index is 405. The topological polar surface area (TPSA) is 27.7 Å². The Hall–Kier alpha value is -0.900. The first kappa shape index (κ1) is 15.5. The number of benzene rings is 1. The number of hydrogen-bond acceptors (Lipinski definition) is 3. The molecule has 0 aromatic heterocycles. The van der Waals surface area contributed by atoms with Crippen LogP contribution < -0.4 is 14.2 Å². The number of hydrogen-bond donors (Lipinski definition) is 0. The van der Waals surface area contributed by atoms with E-state index in [0.717, 1.165) is 16.8 Å². The van der Waals surface area contributed by atoms with Crippen LogP contribution in [0.15, 0.2) is 18.2 Å². The highest BCUT2D eigenvalue weighted by atomic mass is 79.9. The maximum atomic E-state index is 6.10. The fraction of sp³-hybridized carbons (Fsp3) is 0.625. The minimum atomic E-state index is 0.240. The summed E-state index contributed by atoms with van der Waals surface area (Å²) in [5.41, 5.74) is 0.240. The molecular formula is C16H23BrO3. The molecule has 0 unspecified atom stereocenters. The van der Waals surface area contributed by atoms with Crippen LogP contribution in [0.3, 0.4) is 0 Å². The zero-order chi connectivity index (χ0) is 14.4. The van der Waals surface area contributed by atoms with Crippen molar-refractivity contribution in [3.05, 3.63) is 18.2 Å². The lowest BCUT2D eigenvalue weighted by atomic mass is 9.76. The Morgan fingerprint density at radius 3 is 2.15 bits per heavy atom. The van der Waals surface area contributed by atoms with Gasteiger partial charge in [-0.3, -0.25) is 0 Å². The Morgan fingerprint density at radius 2 is 1.65 bits per heavy atom. The molecule has 112 valence electrons. The monoisotopic (exact) mass is 342 g/mol. The standard InChI is InChI=1S/C16H23BrO3/c1-18-13-7-6-8-14(19-2)15(13)20-12-16(11-17)9-4-3-5-10-16/h6-8H,3-5,9-12H2,1-2H3. The number of rotatable bonds is 6. The molecule has 1 aliphatic carbocycles. The van der Waals surface area contributed by atoms with E-state index in [4.69, 9.17) is 14.2 Å². The number of methoxy groups -OCH3 is 2. The van der Waals surface area contributed by atoms with E-state index < -0.39 is 0 Å². The van der Waals surface area contributed by atoms with Gasteiger partial charge < -0.3 is 14.2 Å². The van der Waals surface area contributed by atoms with Gasteiger partial charge in [0.15, 0.2) is 11.5 Å². The van der Waals surface area contributed by atoms with E-state index in [9.17, 15) is 0 Å². The molecule has 0 atom stereocenters. The van der Waals surface area contributed by atoms with Gasteiger partial charge in [0, 0.05) is 10.7 Å². The van der Waals surface area contributed by atoms with E-state index in [0.29, 0.717) is 12.4 Å². The molecule has 2 rings (SSSR count). The third-order valence-electron chi connectivity index (χ3n) is 4.10. The summed E-state index contributed by atoms with van der Waals surface area (Å²) >= 11 is 3.67. The lowest BCUT2D eigenvalue weighted by molar-refractivity contribution is 0.116. The summed E-state index contributed by atoms with van der Waals surface area (Å²) in [7, 11) is 3.31. The molecule has 0 spiro atoms. The summed E-state index contributed by atoms with van der Waals surface area (Å²) < 4.78 is 16.9. The molecule has 0 amide bonds. The van der Waals surface area contributed by atoms with Crippen LogP contribution in [-0.4, -0.2) is 26.2 Å². The third-order valence-corrected chi connectivity index (χ3v) is 5.29. The highest BCUT2D eigenvalue weighted by Gasteiger charge is 2.32. The van der Waals surface area contributed by atoms with Crippen molar-refractivity contribution < 1.29 is 14.2 Å². The van der Waals surface area contributed by atoms with Crippen molar-refractivity contribution in [2.45, 2.75) is 32.1 Å². The second kappa shape index (κ2) is 7.21. The molecule has 1 aliphatic rings. The molecule has 0 bridgehead atoms. The Balaban J connectivity index is 2.13. The minimum Gasteiger partial charge on any atom is -0.493 e. The van der Waals surface area contributed by atoms with Crippen LogP contribution in [-0.2, 0) is 0 Å². The smallest absolute Gasteiger partial charge is 0.203 e. The van der Waals surface area contributed by atoms with Crippen LogP contribution in [0.2, 0.25) is 0 Å². The van der Waals surface area contributed by atoms with Gasteiger partial charge in [0.1, 0.15) is 0 Å². The lowest BCUT2D eigenvalue weighted by Gasteiger charge is -2.35. The summed E-state index contributed by atoms with van der Waals surface area (Å²) in [5.74, 6) is 2.16. The van der Waals surface area contributed by atoms with Crippen molar-refractivity contribution in [1.82, 2.24) is 0 Å². The van der Waals surface area contributed by atoms with Gasteiger partial charge in [-0.2, -0.15) is 0 Å². The van der Waals surface area contributed by atoms with Crippen LogP contribution in [0.4, 0.5) is 0 Å². The molecule has 0 radical (unpaired) electrons. The summed E-state index contributed by atoms with van der Waals surface area (Å²) in [6.45, 7) is 0.703. The molecule has 0 heterocycles. The number of alkyl halides is 1. The van der Waals surface area contributed by atoms with E-state index in [1.165, 1.54) is 32.1 Å². The van der Waals surface area contributed by atoms with Gasteiger partial charge in [0.25, 0.3) is 0 Å². The third kappa shape index (κ3) is 3.40. The molecule has 1 saturated carbocycles. The van der Waals surface area contributed by atoms with Crippen molar-refractivity contribution in [2.75, 3.05) is 26.2 Å². The number of halogens is 1. The summed E-state index contributed by atoms with van der Waals surface area (Å²) in [5, 5.41) is 0.984. The quantitative estimate of drug-likeness (QED) is 0.716. The second-order valence-corrected chi connectivity index (χ2v) is 6.04. The van der Waals surface area contributed by atoms with Gasteiger partial charge in [0.2, 0.25) is 5.75 Å². The fourth-order valence-corrected chi connectivity index (χ4v) is 3.53. The van der Waals surface area contributed by atoms with Crippen LogP contribution in [0.5, 0.6) is 17.2 Å². The first-order chi connectivity index (χ1) is 9.74. The summed E-state index contributed by atoms with van der Waals surface area (Å²) in [6, 6.07) is 5.71. The average Bonchev–Trinajstić information content (AvgIpc) is 2.53. The van der Waals surface area contributed by atoms with Gasteiger partial charge in [0.05, 0.1) is 20.8 Å². The van der Waals surface area contributed by atoms with Crippen LogP contribution >= 0.6 is 15.9 Å². The minimum absolute atomic E-state index is 0.240. The van der Waals surface area contributed by atoms with Gasteiger partial charge in [-0.05, 0) is 25.0 Å². The molecule has 0 aliphatic heterocycles. The fourth-order valence-electron chi connectivity index (χ4n) is 2.80. The van der Waals surface area contributed by atoms with Gasteiger partial charge in [-0.15, -0.1) is 0 Å². The van der Waals surface area contributed by atoms with Crippen molar-refractivity contribution in [3.8, 4) is 17.2 Å². The average molecular weight is 343 g/mol. The molecule has 20 heavy (non-hydrogen) atoms.